The number of amides is 2. The Kier molecular flexibility index (Phi) is 8.65. The van der Waals surface area contributed by atoms with Gasteiger partial charge < -0.3 is 10.4 Å². The highest BCUT2D eigenvalue weighted by Gasteiger charge is 2.25. The second-order valence-electron chi connectivity index (χ2n) is 6.19. The van der Waals surface area contributed by atoms with Crippen LogP contribution in [0.15, 0.2) is 48.5 Å². The van der Waals surface area contributed by atoms with Crippen LogP contribution in [0.1, 0.15) is 43.6 Å². The lowest BCUT2D eigenvalue weighted by Crippen LogP contribution is -2.51. The lowest BCUT2D eigenvalue weighted by atomic mass is 10.0. The Morgan fingerprint density at radius 1 is 1.00 bits per heavy atom. The number of carbonyl (C=O) groups is 2. The van der Waals surface area contributed by atoms with Crippen LogP contribution in [0.5, 0.6) is 0 Å². The number of carbonyl (C=O) groups excluding carboxylic acids is 2. The van der Waals surface area contributed by atoms with Crippen LogP contribution in [0, 0.1) is 0 Å². The van der Waals surface area contributed by atoms with Crippen LogP contribution in [-0.2, 0) is 11.2 Å². The van der Waals surface area contributed by atoms with Crippen molar-refractivity contribution < 1.29 is 19.9 Å². The predicted molar refractivity (Wildman–Crippen MR) is 105 cm³/mol. The van der Waals surface area contributed by atoms with Gasteiger partial charge in [-0.05, 0) is 42.2 Å². The molecule has 0 unspecified atom stereocenters. The summed E-state index contributed by atoms with van der Waals surface area (Å²) in [5.41, 5.74) is 5.11. The van der Waals surface area contributed by atoms with E-state index in [1.165, 1.54) is 18.0 Å². The molecule has 27 heavy (non-hydrogen) atoms. The summed E-state index contributed by atoms with van der Waals surface area (Å²) in [5, 5.41) is 20.7. The summed E-state index contributed by atoms with van der Waals surface area (Å²) in [6.07, 6.45) is 1.00. The van der Waals surface area contributed by atoms with Gasteiger partial charge in [0.15, 0.2) is 0 Å². The lowest BCUT2D eigenvalue weighted by molar-refractivity contribution is -0.133. The quantitative estimate of drug-likeness (QED) is 0.444. The van der Waals surface area contributed by atoms with Gasteiger partial charge in [-0.1, -0.05) is 57.2 Å². The van der Waals surface area contributed by atoms with Gasteiger partial charge in [0.2, 0.25) is 0 Å². The number of hydroxylamine groups is 1. The Morgan fingerprint density at radius 3 is 1.96 bits per heavy atom. The molecule has 0 heterocycles. The minimum atomic E-state index is -1.24. The number of benzene rings is 2. The molecule has 6 nitrogen and oxygen atoms in total. The highest BCUT2D eigenvalue weighted by Crippen LogP contribution is 2.21. The number of aliphatic hydroxyl groups excluding tert-OH is 1. The summed E-state index contributed by atoms with van der Waals surface area (Å²) >= 11 is 0. The van der Waals surface area contributed by atoms with Crippen molar-refractivity contribution in [3.63, 3.8) is 0 Å². The molecular formula is C21H28N2O4. The van der Waals surface area contributed by atoms with Crippen LogP contribution in [0.2, 0.25) is 0 Å². The fraction of sp³-hybridized carbons (Fsp3) is 0.333. The van der Waals surface area contributed by atoms with Gasteiger partial charge in [0, 0.05) is 5.56 Å². The smallest absolute Gasteiger partial charge is 0.268 e. The van der Waals surface area contributed by atoms with Gasteiger partial charge in [0.25, 0.3) is 11.8 Å². The van der Waals surface area contributed by atoms with Gasteiger partial charge in [0.05, 0.1) is 6.10 Å². The van der Waals surface area contributed by atoms with Crippen LogP contribution < -0.4 is 10.8 Å². The highest BCUT2D eigenvalue weighted by atomic mass is 16.5. The zero-order chi connectivity index (χ0) is 19.1. The lowest BCUT2D eigenvalue weighted by Gasteiger charge is -2.19. The van der Waals surface area contributed by atoms with Gasteiger partial charge in [-0.2, -0.15) is 0 Å². The number of nitrogens with one attached hydrogen (secondary N) is 2. The molecule has 0 saturated heterocycles. The molecule has 6 heteroatoms. The molecule has 146 valence electrons. The van der Waals surface area contributed by atoms with E-state index >= 15 is 0 Å². The summed E-state index contributed by atoms with van der Waals surface area (Å²) in [7, 11) is 0. The fourth-order valence-corrected chi connectivity index (χ4v) is 2.67. The maximum Gasteiger partial charge on any atom is 0.268 e. The molecule has 0 spiro atoms. The number of aryl methyl sites for hydroxylation is 1. The molecule has 2 amide bonds. The average Bonchev–Trinajstić information content (AvgIpc) is 2.66. The first-order chi connectivity index (χ1) is 12.5. The minimum absolute atomic E-state index is 0. The van der Waals surface area contributed by atoms with E-state index < -0.39 is 24.0 Å². The largest absolute Gasteiger partial charge is 0.391 e. The SMILES string of the molecule is C.CCCc1ccc(-c2ccc(C(=O)N[C@H](C(=O)NO)[C@@H](C)O)cc2)cc1. The second kappa shape index (κ2) is 10.4. The monoisotopic (exact) mass is 372 g/mol. The van der Waals surface area contributed by atoms with Crippen molar-refractivity contribution in [2.75, 3.05) is 0 Å². The molecule has 0 aromatic heterocycles. The van der Waals surface area contributed by atoms with Crippen LogP contribution in [0.3, 0.4) is 0 Å². The van der Waals surface area contributed by atoms with Crippen molar-refractivity contribution >= 4 is 11.8 Å². The number of rotatable bonds is 7. The van der Waals surface area contributed by atoms with E-state index in [4.69, 9.17) is 5.21 Å². The van der Waals surface area contributed by atoms with Crippen molar-refractivity contribution in [3.8, 4) is 11.1 Å². The van der Waals surface area contributed by atoms with Crippen molar-refractivity contribution in [1.82, 2.24) is 10.8 Å². The van der Waals surface area contributed by atoms with Crippen LogP contribution in [-0.4, -0.2) is 34.3 Å². The molecule has 0 fully saturated rings. The van der Waals surface area contributed by atoms with Gasteiger partial charge in [-0.25, -0.2) is 5.48 Å². The number of hydrogen-bond donors (Lipinski definition) is 4. The standard InChI is InChI=1S/C20H24N2O4.CH4/c1-3-4-14-5-7-15(8-6-14)16-9-11-17(12-10-16)19(24)21-18(13(2)23)20(25)22-26;/h5-13,18,23,26H,3-4H2,1-2H3,(H,21,24)(H,22,25);1H4/t13-,18+;/m1./s1. The molecule has 0 radical (unpaired) electrons. The summed E-state index contributed by atoms with van der Waals surface area (Å²) in [6.45, 7) is 3.50. The van der Waals surface area contributed by atoms with E-state index in [2.05, 4.69) is 36.5 Å². The minimum Gasteiger partial charge on any atom is -0.391 e. The number of aliphatic hydroxyl groups is 1. The first kappa shape index (κ1) is 22.3. The van der Waals surface area contributed by atoms with Crippen molar-refractivity contribution in [2.24, 2.45) is 0 Å². The van der Waals surface area contributed by atoms with E-state index in [0.717, 1.165) is 24.0 Å². The fourth-order valence-electron chi connectivity index (χ4n) is 2.67. The normalized spacial score (nSPS) is 12.4. The Bertz CT molecular complexity index is 740. The summed E-state index contributed by atoms with van der Waals surface area (Å²) in [5.74, 6) is -1.39. The first-order valence-corrected chi connectivity index (χ1v) is 8.58. The van der Waals surface area contributed by atoms with Crippen molar-refractivity contribution in [3.05, 3.63) is 59.7 Å². The first-order valence-electron chi connectivity index (χ1n) is 8.58. The van der Waals surface area contributed by atoms with E-state index in [9.17, 15) is 14.7 Å². The number of hydrogen-bond acceptors (Lipinski definition) is 4. The summed E-state index contributed by atoms with van der Waals surface area (Å²) in [6, 6.07) is 14.0. The third kappa shape index (κ3) is 5.91. The highest BCUT2D eigenvalue weighted by molar-refractivity contribution is 5.97. The second-order valence-corrected chi connectivity index (χ2v) is 6.19. The van der Waals surface area contributed by atoms with Crippen molar-refractivity contribution in [2.45, 2.75) is 46.3 Å². The Hall–Kier alpha value is -2.70. The third-order valence-electron chi connectivity index (χ3n) is 4.13. The Balaban J connectivity index is 0.00000364. The van der Waals surface area contributed by atoms with Crippen LogP contribution >= 0.6 is 0 Å². The third-order valence-corrected chi connectivity index (χ3v) is 4.13. The van der Waals surface area contributed by atoms with Crippen molar-refractivity contribution in [1.29, 1.82) is 0 Å². The van der Waals surface area contributed by atoms with Crippen LogP contribution in [0.4, 0.5) is 0 Å². The Morgan fingerprint density at radius 2 is 1.52 bits per heavy atom. The van der Waals surface area contributed by atoms with Crippen LogP contribution in [0.25, 0.3) is 11.1 Å². The average molecular weight is 372 g/mol. The predicted octanol–water partition coefficient (Wildman–Crippen LogP) is 2.93. The molecule has 2 atom stereocenters. The van der Waals surface area contributed by atoms with E-state index in [1.54, 1.807) is 12.1 Å². The van der Waals surface area contributed by atoms with Gasteiger partial charge in [-0.15, -0.1) is 0 Å². The molecule has 2 rings (SSSR count). The Labute approximate surface area is 160 Å². The summed E-state index contributed by atoms with van der Waals surface area (Å²) in [4.78, 5) is 23.8. The molecule has 4 N–H and O–H groups in total. The van der Waals surface area contributed by atoms with Gasteiger partial charge >= 0.3 is 0 Å². The maximum atomic E-state index is 12.3. The van der Waals surface area contributed by atoms with E-state index in [1.807, 2.05) is 12.1 Å². The van der Waals surface area contributed by atoms with E-state index in [-0.39, 0.29) is 7.43 Å². The molecular weight excluding hydrogens is 344 g/mol. The zero-order valence-electron chi connectivity index (χ0n) is 14.9. The van der Waals surface area contributed by atoms with Gasteiger partial charge in [-0.3, -0.25) is 14.8 Å². The zero-order valence-corrected chi connectivity index (χ0v) is 14.9. The maximum absolute atomic E-state index is 12.3. The van der Waals surface area contributed by atoms with Gasteiger partial charge in [0.1, 0.15) is 6.04 Å². The molecule has 0 aliphatic heterocycles. The molecule has 0 aliphatic rings. The molecule has 2 aromatic rings. The molecule has 0 saturated carbocycles. The topological polar surface area (TPSA) is 98.7 Å². The molecule has 2 aromatic carbocycles. The summed E-state index contributed by atoms with van der Waals surface area (Å²) < 4.78 is 0. The van der Waals surface area contributed by atoms with E-state index in [0.29, 0.717) is 5.56 Å². The molecule has 0 aliphatic carbocycles. The molecule has 0 bridgehead atoms.